The smallest absolute Gasteiger partial charge is 0.120 e. The van der Waals surface area contributed by atoms with Crippen LogP contribution in [0.2, 0.25) is 0 Å². The molecule has 0 aromatic heterocycles. The molecule has 2 aromatic carbocycles. The predicted molar refractivity (Wildman–Crippen MR) is 86.0 cm³/mol. The van der Waals surface area contributed by atoms with Gasteiger partial charge in [-0.2, -0.15) is 0 Å². The standard InChI is InChI=1S/C18H25NO/c1-13(18(2,3)4)19(5)12-16-15-9-7-6-8-14(15)10-11-17(16)20/h6-11,13,20H,12H2,1-5H3. The molecule has 2 heteroatoms. The molecule has 0 amide bonds. The van der Waals surface area contributed by atoms with E-state index in [-0.39, 0.29) is 5.41 Å². The summed E-state index contributed by atoms with van der Waals surface area (Å²) < 4.78 is 0. The van der Waals surface area contributed by atoms with E-state index in [1.807, 2.05) is 18.2 Å². The number of hydrogen-bond acceptors (Lipinski definition) is 2. The van der Waals surface area contributed by atoms with Crippen LogP contribution in [0.15, 0.2) is 36.4 Å². The zero-order valence-corrected chi connectivity index (χ0v) is 13.1. The summed E-state index contributed by atoms with van der Waals surface area (Å²) in [6.45, 7) is 9.74. The Bertz CT molecular complexity index is 598. The van der Waals surface area contributed by atoms with Crippen molar-refractivity contribution in [1.29, 1.82) is 0 Å². The van der Waals surface area contributed by atoms with E-state index >= 15 is 0 Å². The molecule has 0 aliphatic heterocycles. The van der Waals surface area contributed by atoms with Crippen LogP contribution in [-0.2, 0) is 6.54 Å². The van der Waals surface area contributed by atoms with Gasteiger partial charge >= 0.3 is 0 Å². The van der Waals surface area contributed by atoms with E-state index in [9.17, 15) is 5.11 Å². The summed E-state index contributed by atoms with van der Waals surface area (Å²) in [5, 5.41) is 12.5. The fourth-order valence-corrected chi connectivity index (χ4v) is 2.54. The highest BCUT2D eigenvalue weighted by Crippen LogP contribution is 2.30. The maximum Gasteiger partial charge on any atom is 0.120 e. The summed E-state index contributed by atoms with van der Waals surface area (Å²) >= 11 is 0. The summed E-state index contributed by atoms with van der Waals surface area (Å²) in [5.41, 5.74) is 1.23. The third-order valence-corrected chi connectivity index (χ3v) is 4.34. The van der Waals surface area contributed by atoms with Gasteiger partial charge in [-0.15, -0.1) is 0 Å². The molecule has 1 N–H and O–H groups in total. The molecule has 2 rings (SSSR count). The Labute approximate surface area is 122 Å². The van der Waals surface area contributed by atoms with Crippen LogP contribution in [0.4, 0.5) is 0 Å². The lowest BCUT2D eigenvalue weighted by atomic mass is 9.87. The quantitative estimate of drug-likeness (QED) is 0.893. The minimum Gasteiger partial charge on any atom is -0.508 e. The van der Waals surface area contributed by atoms with Crippen molar-refractivity contribution in [2.75, 3.05) is 7.05 Å². The second-order valence-electron chi connectivity index (χ2n) is 6.74. The average Bonchev–Trinajstić information content (AvgIpc) is 2.40. The molecule has 0 fully saturated rings. The first-order valence-corrected chi connectivity index (χ1v) is 7.20. The molecule has 0 spiro atoms. The van der Waals surface area contributed by atoms with Gasteiger partial charge in [0.25, 0.3) is 0 Å². The summed E-state index contributed by atoms with van der Waals surface area (Å²) in [4.78, 5) is 2.31. The number of benzene rings is 2. The van der Waals surface area contributed by atoms with E-state index in [0.29, 0.717) is 11.8 Å². The van der Waals surface area contributed by atoms with Crippen LogP contribution in [0.25, 0.3) is 10.8 Å². The zero-order valence-electron chi connectivity index (χ0n) is 13.1. The molecule has 0 bridgehead atoms. The van der Waals surface area contributed by atoms with Crippen molar-refractivity contribution in [3.8, 4) is 5.75 Å². The topological polar surface area (TPSA) is 23.5 Å². The maximum atomic E-state index is 10.2. The number of rotatable bonds is 3. The maximum absolute atomic E-state index is 10.2. The van der Waals surface area contributed by atoms with Crippen LogP contribution < -0.4 is 0 Å². The number of hydrogen-bond donors (Lipinski definition) is 1. The monoisotopic (exact) mass is 271 g/mol. The van der Waals surface area contributed by atoms with Gasteiger partial charge in [-0.05, 0) is 36.2 Å². The third kappa shape index (κ3) is 2.96. The molecule has 0 aliphatic carbocycles. The fraction of sp³-hybridized carbons (Fsp3) is 0.444. The first-order chi connectivity index (χ1) is 9.30. The van der Waals surface area contributed by atoms with Crippen molar-refractivity contribution in [2.45, 2.75) is 40.3 Å². The third-order valence-electron chi connectivity index (χ3n) is 4.34. The molecule has 2 aromatic rings. The van der Waals surface area contributed by atoms with E-state index in [2.05, 4.69) is 51.8 Å². The van der Waals surface area contributed by atoms with Crippen molar-refractivity contribution in [1.82, 2.24) is 4.90 Å². The minimum atomic E-state index is 0.217. The number of nitrogens with zero attached hydrogens (tertiary/aromatic N) is 1. The number of fused-ring (bicyclic) bond motifs is 1. The second kappa shape index (κ2) is 5.45. The molecule has 20 heavy (non-hydrogen) atoms. The highest BCUT2D eigenvalue weighted by atomic mass is 16.3. The lowest BCUT2D eigenvalue weighted by Gasteiger charge is -2.35. The second-order valence-corrected chi connectivity index (χ2v) is 6.74. The average molecular weight is 271 g/mol. The van der Waals surface area contributed by atoms with E-state index in [1.165, 1.54) is 5.39 Å². The molecule has 1 unspecified atom stereocenters. The number of phenolic OH excluding ortho intramolecular Hbond substituents is 1. The van der Waals surface area contributed by atoms with Crippen LogP contribution in [0.5, 0.6) is 5.75 Å². The van der Waals surface area contributed by atoms with Crippen molar-refractivity contribution >= 4 is 10.8 Å². The van der Waals surface area contributed by atoms with Crippen molar-refractivity contribution in [2.24, 2.45) is 5.41 Å². The van der Waals surface area contributed by atoms with E-state index < -0.39 is 0 Å². The number of phenols is 1. The molecule has 0 aliphatic rings. The largest absolute Gasteiger partial charge is 0.508 e. The molecule has 0 heterocycles. The Morgan fingerprint density at radius 3 is 2.40 bits per heavy atom. The Kier molecular flexibility index (Phi) is 4.05. The zero-order chi connectivity index (χ0) is 14.9. The van der Waals surface area contributed by atoms with E-state index in [1.54, 1.807) is 6.07 Å². The van der Waals surface area contributed by atoms with Gasteiger partial charge in [0.2, 0.25) is 0 Å². The molecule has 2 nitrogen and oxygen atoms in total. The highest BCUT2D eigenvalue weighted by molar-refractivity contribution is 5.87. The van der Waals surface area contributed by atoms with Crippen LogP contribution in [-0.4, -0.2) is 23.1 Å². The van der Waals surface area contributed by atoms with Crippen LogP contribution in [0, 0.1) is 5.41 Å². The normalized spacial score (nSPS) is 13.9. The van der Waals surface area contributed by atoms with Gasteiger partial charge in [-0.25, -0.2) is 0 Å². The molecule has 108 valence electrons. The molecule has 0 saturated heterocycles. The molecular weight excluding hydrogens is 246 g/mol. The van der Waals surface area contributed by atoms with Gasteiger partial charge in [0.15, 0.2) is 0 Å². The van der Waals surface area contributed by atoms with E-state index in [4.69, 9.17) is 0 Å². The lowest BCUT2D eigenvalue weighted by Crippen LogP contribution is -2.38. The van der Waals surface area contributed by atoms with Crippen LogP contribution >= 0.6 is 0 Å². The Morgan fingerprint density at radius 1 is 1.10 bits per heavy atom. The first-order valence-electron chi connectivity index (χ1n) is 7.20. The summed E-state index contributed by atoms with van der Waals surface area (Å²) in [6, 6.07) is 12.4. The van der Waals surface area contributed by atoms with Crippen LogP contribution in [0.1, 0.15) is 33.3 Å². The van der Waals surface area contributed by atoms with Gasteiger partial charge in [-0.1, -0.05) is 51.1 Å². The van der Waals surface area contributed by atoms with Crippen molar-refractivity contribution in [3.63, 3.8) is 0 Å². The number of aromatic hydroxyl groups is 1. The van der Waals surface area contributed by atoms with Crippen molar-refractivity contribution in [3.05, 3.63) is 42.0 Å². The van der Waals surface area contributed by atoms with Gasteiger partial charge in [-0.3, -0.25) is 4.90 Å². The lowest BCUT2D eigenvalue weighted by molar-refractivity contribution is 0.134. The van der Waals surface area contributed by atoms with Gasteiger partial charge in [0.05, 0.1) is 0 Å². The minimum absolute atomic E-state index is 0.217. The Balaban J connectivity index is 2.36. The Hall–Kier alpha value is -1.54. The summed E-state index contributed by atoms with van der Waals surface area (Å²) in [5.74, 6) is 0.386. The summed E-state index contributed by atoms with van der Waals surface area (Å²) in [7, 11) is 2.12. The van der Waals surface area contributed by atoms with Gasteiger partial charge in [0, 0.05) is 18.2 Å². The van der Waals surface area contributed by atoms with Crippen molar-refractivity contribution < 1.29 is 5.11 Å². The Morgan fingerprint density at radius 2 is 1.75 bits per heavy atom. The van der Waals surface area contributed by atoms with E-state index in [0.717, 1.165) is 17.5 Å². The van der Waals surface area contributed by atoms with Gasteiger partial charge < -0.3 is 5.11 Å². The SMILES string of the molecule is CC(N(C)Cc1c(O)ccc2ccccc12)C(C)(C)C. The molecular formula is C18H25NO. The molecule has 0 saturated carbocycles. The predicted octanol–water partition coefficient (Wildman–Crippen LogP) is 4.41. The molecule has 0 radical (unpaired) electrons. The van der Waals surface area contributed by atoms with Crippen LogP contribution in [0.3, 0.4) is 0 Å². The highest BCUT2D eigenvalue weighted by Gasteiger charge is 2.24. The summed E-state index contributed by atoms with van der Waals surface area (Å²) in [6.07, 6.45) is 0. The fourth-order valence-electron chi connectivity index (χ4n) is 2.54. The molecule has 1 atom stereocenters. The first kappa shape index (κ1) is 14.9. The van der Waals surface area contributed by atoms with Gasteiger partial charge in [0.1, 0.15) is 5.75 Å².